The minimum absolute atomic E-state index is 0.0338. The van der Waals surface area contributed by atoms with E-state index in [0.717, 1.165) is 23.9 Å². The molecule has 0 fully saturated rings. The molecule has 1 amide bonds. The molecule has 1 unspecified atom stereocenters. The average Bonchev–Trinajstić information content (AvgIpc) is 2.43. The number of amides is 1. The molecule has 0 aromatic heterocycles. The van der Waals surface area contributed by atoms with Gasteiger partial charge in [-0.1, -0.05) is 0 Å². The largest absolute Gasteiger partial charge is 0.465 e. The minimum Gasteiger partial charge on any atom is -0.465 e. The molecule has 0 bridgehead atoms. The molecule has 0 saturated carbocycles. The maximum atomic E-state index is 12.9. The van der Waals surface area contributed by atoms with Crippen LogP contribution < -0.4 is 11.1 Å². The number of ether oxygens (including phenoxy) is 1. The lowest BCUT2D eigenvalue weighted by atomic mass is 10.3. The minimum atomic E-state index is -1.04. The van der Waals surface area contributed by atoms with E-state index in [4.69, 9.17) is 10.5 Å². The number of nitrogens with two attached hydrogens (primary N) is 1. The highest BCUT2D eigenvalue weighted by Gasteiger charge is 2.15. The van der Waals surface area contributed by atoms with Gasteiger partial charge >= 0.3 is 5.97 Å². The van der Waals surface area contributed by atoms with E-state index in [1.807, 2.05) is 0 Å². The molecular formula is C13H16F2N2O3S. The van der Waals surface area contributed by atoms with Crippen molar-refractivity contribution in [3.8, 4) is 0 Å². The topological polar surface area (TPSA) is 81.4 Å². The van der Waals surface area contributed by atoms with Crippen molar-refractivity contribution in [2.75, 3.05) is 23.4 Å². The summed E-state index contributed by atoms with van der Waals surface area (Å²) in [6.07, 6.45) is 0. The van der Waals surface area contributed by atoms with Gasteiger partial charge in [-0.2, -0.15) is 0 Å². The van der Waals surface area contributed by atoms with Crippen LogP contribution in [0.4, 0.5) is 14.5 Å². The Labute approximate surface area is 125 Å². The van der Waals surface area contributed by atoms with Gasteiger partial charge in [0.2, 0.25) is 5.91 Å². The van der Waals surface area contributed by atoms with E-state index in [1.54, 1.807) is 6.92 Å². The molecule has 0 spiro atoms. The number of benzene rings is 1. The SMILES string of the molecule is CCOC(=O)C(N)CSCC(=O)Nc1ccc(F)c(F)c1. The molecule has 0 heterocycles. The molecule has 0 aliphatic rings. The van der Waals surface area contributed by atoms with E-state index < -0.39 is 29.6 Å². The van der Waals surface area contributed by atoms with Crippen molar-refractivity contribution >= 4 is 29.3 Å². The number of carbonyl (C=O) groups excluding carboxylic acids is 2. The Bertz CT molecular complexity index is 514. The van der Waals surface area contributed by atoms with Crippen LogP contribution in [-0.4, -0.2) is 36.0 Å². The molecule has 8 heteroatoms. The number of hydrogen-bond acceptors (Lipinski definition) is 5. The summed E-state index contributed by atoms with van der Waals surface area (Å²) >= 11 is 1.14. The summed E-state index contributed by atoms with van der Waals surface area (Å²) < 4.78 is 30.4. The Balaban J connectivity index is 2.34. The number of carbonyl (C=O) groups is 2. The zero-order valence-electron chi connectivity index (χ0n) is 11.4. The van der Waals surface area contributed by atoms with Crippen molar-refractivity contribution in [3.63, 3.8) is 0 Å². The van der Waals surface area contributed by atoms with Gasteiger partial charge in [0.15, 0.2) is 11.6 Å². The van der Waals surface area contributed by atoms with Gasteiger partial charge in [0.05, 0.1) is 12.4 Å². The van der Waals surface area contributed by atoms with Crippen molar-refractivity contribution in [1.82, 2.24) is 0 Å². The average molecular weight is 318 g/mol. The van der Waals surface area contributed by atoms with E-state index in [1.165, 1.54) is 6.07 Å². The highest BCUT2D eigenvalue weighted by atomic mass is 32.2. The first kappa shape index (κ1) is 17.4. The predicted molar refractivity (Wildman–Crippen MR) is 76.9 cm³/mol. The lowest BCUT2D eigenvalue weighted by molar-refractivity contribution is -0.144. The highest BCUT2D eigenvalue weighted by molar-refractivity contribution is 8.00. The molecule has 5 nitrogen and oxygen atoms in total. The zero-order valence-corrected chi connectivity index (χ0v) is 12.2. The van der Waals surface area contributed by atoms with Crippen molar-refractivity contribution in [2.45, 2.75) is 13.0 Å². The lowest BCUT2D eigenvalue weighted by Gasteiger charge is -2.10. The normalized spacial score (nSPS) is 11.8. The molecule has 0 aliphatic heterocycles. The molecular weight excluding hydrogens is 302 g/mol. The van der Waals surface area contributed by atoms with Crippen LogP contribution in [-0.2, 0) is 14.3 Å². The quantitative estimate of drug-likeness (QED) is 0.745. The first-order valence-electron chi connectivity index (χ1n) is 6.19. The van der Waals surface area contributed by atoms with Gasteiger partial charge < -0.3 is 15.8 Å². The summed E-state index contributed by atoms with van der Waals surface area (Å²) in [5.74, 6) is -2.68. The fourth-order valence-corrected chi connectivity index (χ4v) is 2.13. The monoisotopic (exact) mass is 318 g/mol. The maximum absolute atomic E-state index is 12.9. The third kappa shape index (κ3) is 6.09. The Kier molecular flexibility index (Phi) is 7.10. The van der Waals surface area contributed by atoms with Crippen molar-refractivity contribution in [2.24, 2.45) is 5.73 Å². The van der Waals surface area contributed by atoms with Gasteiger partial charge in [-0.15, -0.1) is 11.8 Å². The smallest absolute Gasteiger partial charge is 0.323 e. The maximum Gasteiger partial charge on any atom is 0.323 e. The molecule has 116 valence electrons. The number of thioether (sulfide) groups is 1. The second-order valence-corrected chi connectivity index (χ2v) is 5.08. The van der Waals surface area contributed by atoms with Crippen LogP contribution in [0.25, 0.3) is 0 Å². The van der Waals surface area contributed by atoms with Crippen LogP contribution in [0.2, 0.25) is 0 Å². The number of anilines is 1. The van der Waals surface area contributed by atoms with Gasteiger partial charge in [-0.05, 0) is 19.1 Å². The number of rotatable bonds is 7. The predicted octanol–water partition coefficient (Wildman–Crippen LogP) is 1.53. The first-order chi connectivity index (χ1) is 9.93. The number of halogens is 2. The molecule has 0 aliphatic carbocycles. The second-order valence-electron chi connectivity index (χ2n) is 4.05. The lowest BCUT2D eigenvalue weighted by Crippen LogP contribution is -2.35. The van der Waals surface area contributed by atoms with E-state index in [2.05, 4.69) is 5.32 Å². The van der Waals surface area contributed by atoms with E-state index in [9.17, 15) is 18.4 Å². The summed E-state index contributed by atoms with van der Waals surface area (Å²) in [6, 6.07) is 2.27. The Morgan fingerprint density at radius 2 is 2.10 bits per heavy atom. The molecule has 1 aromatic rings. The van der Waals surface area contributed by atoms with Crippen LogP contribution in [0, 0.1) is 11.6 Å². The van der Waals surface area contributed by atoms with Gasteiger partial charge in [0.1, 0.15) is 6.04 Å². The van der Waals surface area contributed by atoms with E-state index in [0.29, 0.717) is 0 Å². The third-order valence-electron chi connectivity index (χ3n) is 2.32. The molecule has 3 N–H and O–H groups in total. The van der Waals surface area contributed by atoms with Crippen LogP contribution >= 0.6 is 11.8 Å². The Morgan fingerprint density at radius 3 is 2.71 bits per heavy atom. The van der Waals surface area contributed by atoms with E-state index in [-0.39, 0.29) is 23.8 Å². The third-order valence-corrected chi connectivity index (χ3v) is 3.38. The van der Waals surface area contributed by atoms with Crippen molar-refractivity contribution in [3.05, 3.63) is 29.8 Å². The molecule has 1 rings (SSSR count). The molecule has 1 aromatic carbocycles. The number of esters is 1. The van der Waals surface area contributed by atoms with Crippen LogP contribution in [0.15, 0.2) is 18.2 Å². The Morgan fingerprint density at radius 1 is 1.38 bits per heavy atom. The number of nitrogens with one attached hydrogen (secondary N) is 1. The fourth-order valence-electron chi connectivity index (χ4n) is 1.37. The zero-order chi connectivity index (χ0) is 15.8. The van der Waals surface area contributed by atoms with Gasteiger partial charge in [0.25, 0.3) is 0 Å². The van der Waals surface area contributed by atoms with Gasteiger partial charge in [0, 0.05) is 17.5 Å². The second kappa shape index (κ2) is 8.58. The van der Waals surface area contributed by atoms with Crippen molar-refractivity contribution < 1.29 is 23.1 Å². The summed E-state index contributed by atoms with van der Waals surface area (Å²) in [4.78, 5) is 22.8. The Hall–Kier alpha value is -1.67. The van der Waals surface area contributed by atoms with Crippen LogP contribution in [0.5, 0.6) is 0 Å². The molecule has 0 radical (unpaired) electrons. The van der Waals surface area contributed by atoms with E-state index >= 15 is 0 Å². The van der Waals surface area contributed by atoms with Crippen molar-refractivity contribution in [1.29, 1.82) is 0 Å². The molecule has 21 heavy (non-hydrogen) atoms. The van der Waals surface area contributed by atoms with Gasteiger partial charge in [-0.25, -0.2) is 8.78 Å². The molecule has 0 saturated heterocycles. The number of hydrogen-bond donors (Lipinski definition) is 2. The van der Waals surface area contributed by atoms with Crippen LogP contribution in [0.1, 0.15) is 6.92 Å². The molecule has 1 atom stereocenters. The fraction of sp³-hybridized carbons (Fsp3) is 0.385. The summed E-state index contributed by atoms with van der Waals surface area (Å²) in [7, 11) is 0. The van der Waals surface area contributed by atoms with Gasteiger partial charge in [-0.3, -0.25) is 9.59 Å². The first-order valence-corrected chi connectivity index (χ1v) is 7.34. The standard InChI is InChI=1S/C13H16F2N2O3S/c1-2-20-13(19)11(16)6-21-7-12(18)17-8-3-4-9(14)10(15)5-8/h3-5,11H,2,6-7,16H2,1H3,(H,17,18). The summed E-state index contributed by atoms with van der Waals surface area (Å²) in [5.41, 5.74) is 5.72. The highest BCUT2D eigenvalue weighted by Crippen LogP contribution is 2.13. The van der Waals surface area contributed by atoms with Crippen LogP contribution in [0.3, 0.4) is 0 Å². The summed E-state index contributed by atoms with van der Waals surface area (Å²) in [5, 5.41) is 2.41. The summed E-state index contributed by atoms with van der Waals surface area (Å²) in [6.45, 7) is 1.92.